The molecule has 0 heterocycles. The molecule has 3 nitrogen and oxygen atoms in total. The highest BCUT2D eigenvalue weighted by molar-refractivity contribution is 5.70. The van der Waals surface area contributed by atoms with Crippen LogP contribution in [0.5, 0.6) is 0 Å². The summed E-state index contributed by atoms with van der Waals surface area (Å²) in [5, 5.41) is 0. The van der Waals surface area contributed by atoms with Gasteiger partial charge in [-0.1, -0.05) is 44.5 Å². The third-order valence-corrected chi connectivity index (χ3v) is 3.09. The van der Waals surface area contributed by atoms with E-state index in [9.17, 15) is 4.79 Å². The third-order valence-electron chi connectivity index (χ3n) is 3.09. The normalized spacial score (nSPS) is 13.2. The highest BCUT2D eigenvalue weighted by atomic mass is 16.5. The van der Waals surface area contributed by atoms with E-state index in [0.717, 1.165) is 5.56 Å². The first-order valence-corrected chi connectivity index (χ1v) is 6.77. The Morgan fingerprint density at radius 3 is 2.47 bits per heavy atom. The van der Waals surface area contributed by atoms with Gasteiger partial charge in [-0.05, 0) is 30.4 Å². The summed E-state index contributed by atoms with van der Waals surface area (Å²) in [6.45, 7) is 10.8. The van der Waals surface area contributed by atoms with Crippen LogP contribution in [-0.4, -0.2) is 12.6 Å². The number of hydrogen-bond acceptors (Lipinski definition) is 3. The van der Waals surface area contributed by atoms with Gasteiger partial charge in [-0.2, -0.15) is 0 Å². The highest BCUT2D eigenvalue weighted by Crippen LogP contribution is 2.27. The average Bonchev–Trinajstić information content (AvgIpc) is 2.27. The molecule has 0 amide bonds. The summed E-state index contributed by atoms with van der Waals surface area (Å²) < 4.78 is 4.94. The maximum atomic E-state index is 11.5. The molecule has 0 bridgehead atoms. The van der Waals surface area contributed by atoms with E-state index < -0.39 is 0 Å². The molecule has 1 aromatic rings. The Hall–Kier alpha value is -1.35. The van der Waals surface area contributed by atoms with Crippen LogP contribution in [0.15, 0.2) is 18.2 Å². The van der Waals surface area contributed by atoms with E-state index in [2.05, 4.69) is 39.8 Å². The molecule has 1 atom stereocenters. The van der Waals surface area contributed by atoms with Crippen molar-refractivity contribution in [3.05, 3.63) is 34.9 Å². The summed E-state index contributed by atoms with van der Waals surface area (Å²) in [5.41, 5.74) is 9.58. The van der Waals surface area contributed by atoms with E-state index in [1.54, 1.807) is 6.92 Å². The number of ether oxygens (including phenoxy) is 1. The fourth-order valence-corrected chi connectivity index (χ4v) is 1.98. The first-order chi connectivity index (χ1) is 8.74. The molecule has 0 fully saturated rings. The lowest BCUT2D eigenvalue weighted by Gasteiger charge is -2.22. The SMILES string of the molecule is CCOC(=O)C[C@H](N)c1cc(C)cc(C(C)(C)C)c1. The van der Waals surface area contributed by atoms with Crippen LogP contribution in [0, 0.1) is 6.92 Å². The maximum Gasteiger partial charge on any atom is 0.307 e. The largest absolute Gasteiger partial charge is 0.466 e. The zero-order chi connectivity index (χ0) is 14.6. The van der Waals surface area contributed by atoms with Crippen molar-refractivity contribution < 1.29 is 9.53 Å². The summed E-state index contributed by atoms with van der Waals surface area (Å²) in [6, 6.07) is 6.00. The molecule has 2 N–H and O–H groups in total. The molecule has 0 aliphatic rings. The fourth-order valence-electron chi connectivity index (χ4n) is 1.98. The molecule has 0 aliphatic carbocycles. The van der Waals surface area contributed by atoms with Crippen LogP contribution in [0.1, 0.15) is 56.8 Å². The van der Waals surface area contributed by atoms with Gasteiger partial charge in [0.2, 0.25) is 0 Å². The average molecular weight is 263 g/mol. The lowest BCUT2D eigenvalue weighted by atomic mass is 9.84. The van der Waals surface area contributed by atoms with Gasteiger partial charge in [0.1, 0.15) is 0 Å². The van der Waals surface area contributed by atoms with Gasteiger partial charge in [-0.15, -0.1) is 0 Å². The Morgan fingerprint density at radius 1 is 1.32 bits per heavy atom. The van der Waals surface area contributed by atoms with E-state index in [1.807, 2.05) is 6.07 Å². The lowest BCUT2D eigenvalue weighted by molar-refractivity contribution is -0.143. The van der Waals surface area contributed by atoms with Crippen LogP contribution in [0.2, 0.25) is 0 Å². The molecule has 3 heteroatoms. The molecule has 0 radical (unpaired) electrons. The molecule has 0 spiro atoms. The quantitative estimate of drug-likeness (QED) is 0.848. The number of nitrogens with two attached hydrogens (primary N) is 1. The van der Waals surface area contributed by atoms with Crippen molar-refractivity contribution in [3.8, 4) is 0 Å². The molecule has 0 unspecified atom stereocenters. The molecule has 0 saturated heterocycles. The summed E-state index contributed by atoms with van der Waals surface area (Å²) in [7, 11) is 0. The van der Waals surface area contributed by atoms with Crippen molar-refractivity contribution >= 4 is 5.97 Å². The van der Waals surface area contributed by atoms with Gasteiger partial charge in [0.05, 0.1) is 13.0 Å². The van der Waals surface area contributed by atoms with E-state index in [4.69, 9.17) is 10.5 Å². The monoisotopic (exact) mass is 263 g/mol. The smallest absolute Gasteiger partial charge is 0.307 e. The van der Waals surface area contributed by atoms with Crippen LogP contribution in [0.4, 0.5) is 0 Å². The topological polar surface area (TPSA) is 52.3 Å². The van der Waals surface area contributed by atoms with Crippen LogP contribution in [0.3, 0.4) is 0 Å². The van der Waals surface area contributed by atoms with E-state index >= 15 is 0 Å². The summed E-state index contributed by atoms with van der Waals surface area (Å²) in [5.74, 6) is -0.242. The second kappa shape index (κ2) is 6.20. The molecule has 0 aromatic heterocycles. The molecule has 1 rings (SSSR count). The summed E-state index contributed by atoms with van der Waals surface area (Å²) in [4.78, 5) is 11.5. The molecular formula is C16H25NO2. The van der Waals surface area contributed by atoms with Crippen LogP contribution < -0.4 is 5.73 Å². The number of carbonyl (C=O) groups excluding carboxylic acids is 1. The van der Waals surface area contributed by atoms with Crippen molar-refractivity contribution in [1.29, 1.82) is 0 Å². The first-order valence-electron chi connectivity index (χ1n) is 6.77. The molecule has 0 saturated carbocycles. The lowest BCUT2D eigenvalue weighted by Crippen LogP contribution is -2.19. The number of hydrogen-bond donors (Lipinski definition) is 1. The molecular weight excluding hydrogens is 238 g/mol. The van der Waals surface area contributed by atoms with E-state index in [-0.39, 0.29) is 23.8 Å². The Balaban J connectivity index is 2.94. The van der Waals surface area contributed by atoms with Gasteiger partial charge in [0.15, 0.2) is 0 Å². The maximum absolute atomic E-state index is 11.5. The number of esters is 1. The number of aryl methyl sites for hydroxylation is 1. The number of carbonyl (C=O) groups is 1. The van der Waals surface area contributed by atoms with E-state index in [0.29, 0.717) is 6.61 Å². The van der Waals surface area contributed by atoms with Gasteiger partial charge < -0.3 is 10.5 Å². The zero-order valence-electron chi connectivity index (χ0n) is 12.6. The van der Waals surface area contributed by atoms with Crippen molar-refractivity contribution in [2.45, 2.75) is 52.5 Å². The van der Waals surface area contributed by atoms with Crippen molar-refractivity contribution in [2.24, 2.45) is 5.73 Å². The van der Waals surface area contributed by atoms with Crippen LogP contribution in [0.25, 0.3) is 0 Å². The second-order valence-electron chi connectivity index (χ2n) is 6.00. The van der Waals surface area contributed by atoms with Crippen molar-refractivity contribution in [3.63, 3.8) is 0 Å². The van der Waals surface area contributed by atoms with Gasteiger partial charge in [0, 0.05) is 6.04 Å². The molecule has 1 aromatic carbocycles. The zero-order valence-corrected chi connectivity index (χ0v) is 12.6. The van der Waals surface area contributed by atoms with E-state index in [1.165, 1.54) is 11.1 Å². The predicted octanol–water partition coefficient (Wildman–Crippen LogP) is 3.25. The minimum Gasteiger partial charge on any atom is -0.466 e. The predicted molar refractivity (Wildman–Crippen MR) is 78.1 cm³/mol. The van der Waals surface area contributed by atoms with Crippen LogP contribution in [-0.2, 0) is 14.9 Å². The fraction of sp³-hybridized carbons (Fsp3) is 0.562. The van der Waals surface area contributed by atoms with Crippen molar-refractivity contribution in [2.75, 3.05) is 6.61 Å². The number of benzene rings is 1. The molecule has 0 aliphatic heterocycles. The molecule has 106 valence electrons. The minimum atomic E-state index is -0.306. The Bertz CT molecular complexity index is 447. The second-order valence-corrected chi connectivity index (χ2v) is 6.00. The van der Waals surface area contributed by atoms with Gasteiger partial charge >= 0.3 is 5.97 Å². The minimum absolute atomic E-state index is 0.0738. The highest BCUT2D eigenvalue weighted by Gasteiger charge is 2.18. The van der Waals surface area contributed by atoms with Crippen LogP contribution >= 0.6 is 0 Å². The van der Waals surface area contributed by atoms with Gasteiger partial charge in [-0.25, -0.2) is 0 Å². The summed E-state index contributed by atoms with van der Waals surface area (Å²) in [6.07, 6.45) is 0.223. The Kier molecular flexibility index (Phi) is 5.12. The summed E-state index contributed by atoms with van der Waals surface area (Å²) >= 11 is 0. The Labute approximate surface area is 116 Å². The number of rotatable bonds is 4. The standard InChI is InChI=1S/C16H25NO2/c1-6-19-15(18)10-14(17)12-7-11(2)8-13(9-12)16(3,4)5/h7-9,14H,6,10,17H2,1-5H3/t14-/m0/s1. The van der Waals surface area contributed by atoms with Gasteiger partial charge in [0.25, 0.3) is 0 Å². The third kappa shape index (κ3) is 4.67. The Morgan fingerprint density at radius 2 is 1.95 bits per heavy atom. The van der Waals surface area contributed by atoms with Gasteiger partial charge in [-0.3, -0.25) is 4.79 Å². The van der Waals surface area contributed by atoms with Crippen molar-refractivity contribution in [1.82, 2.24) is 0 Å². The molecule has 19 heavy (non-hydrogen) atoms. The first kappa shape index (κ1) is 15.7.